The summed E-state index contributed by atoms with van der Waals surface area (Å²) in [5, 5.41) is 11.8. The molecule has 0 fully saturated rings. The predicted molar refractivity (Wildman–Crippen MR) is 74.3 cm³/mol. The Morgan fingerprint density at radius 2 is 1.74 bits per heavy atom. The van der Waals surface area contributed by atoms with Crippen LogP contribution in [0.2, 0.25) is 0 Å². The van der Waals surface area contributed by atoms with Crippen molar-refractivity contribution in [2.75, 3.05) is 0 Å². The van der Waals surface area contributed by atoms with E-state index >= 15 is 0 Å². The number of carbonyl (C=O) groups excluding carboxylic acids is 1. The number of rotatable bonds is 5. The molecule has 1 aromatic rings. The molecule has 1 amide bonds. The highest BCUT2D eigenvalue weighted by Crippen LogP contribution is 2.12. The van der Waals surface area contributed by atoms with Crippen molar-refractivity contribution in [1.29, 1.82) is 0 Å². The van der Waals surface area contributed by atoms with Gasteiger partial charge in [0.25, 0.3) is 5.91 Å². The van der Waals surface area contributed by atoms with E-state index in [1.807, 2.05) is 33.8 Å². The number of carbonyl (C=O) groups is 2. The highest BCUT2D eigenvalue weighted by molar-refractivity contribution is 5.97. The molecule has 4 nitrogen and oxygen atoms in total. The molecule has 1 rings (SSSR count). The van der Waals surface area contributed by atoms with E-state index in [2.05, 4.69) is 5.32 Å². The molecule has 0 aliphatic carbocycles. The fraction of sp³-hybridized carbons (Fsp3) is 0.467. The fourth-order valence-electron chi connectivity index (χ4n) is 2.01. The van der Waals surface area contributed by atoms with Crippen molar-refractivity contribution in [1.82, 2.24) is 5.32 Å². The van der Waals surface area contributed by atoms with Crippen LogP contribution in [-0.2, 0) is 4.79 Å². The zero-order valence-corrected chi connectivity index (χ0v) is 11.9. The molecular weight excluding hydrogens is 242 g/mol. The van der Waals surface area contributed by atoms with Gasteiger partial charge in [-0.2, -0.15) is 0 Å². The molecule has 0 aliphatic rings. The van der Waals surface area contributed by atoms with Gasteiger partial charge in [0.05, 0.1) is 0 Å². The minimum atomic E-state index is -0.993. The minimum Gasteiger partial charge on any atom is -0.480 e. The maximum Gasteiger partial charge on any atom is 0.326 e. The van der Waals surface area contributed by atoms with Crippen LogP contribution >= 0.6 is 0 Å². The van der Waals surface area contributed by atoms with E-state index in [4.69, 9.17) is 5.11 Å². The van der Waals surface area contributed by atoms with Crippen LogP contribution in [0.5, 0.6) is 0 Å². The lowest BCUT2D eigenvalue weighted by Crippen LogP contribution is -2.45. The summed E-state index contributed by atoms with van der Waals surface area (Å²) in [6.07, 6.45) is 0.699. The highest BCUT2D eigenvalue weighted by Gasteiger charge is 2.25. The first-order valence-corrected chi connectivity index (χ1v) is 6.47. The van der Waals surface area contributed by atoms with Crippen molar-refractivity contribution < 1.29 is 14.7 Å². The first kappa shape index (κ1) is 15.2. The van der Waals surface area contributed by atoms with Gasteiger partial charge in [-0.25, -0.2) is 4.79 Å². The van der Waals surface area contributed by atoms with Crippen molar-refractivity contribution in [3.63, 3.8) is 0 Å². The van der Waals surface area contributed by atoms with E-state index in [1.165, 1.54) is 0 Å². The van der Waals surface area contributed by atoms with Crippen LogP contribution < -0.4 is 5.32 Å². The van der Waals surface area contributed by atoms with E-state index in [0.717, 1.165) is 11.1 Å². The lowest BCUT2D eigenvalue weighted by molar-refractivity contribution is -0.140. The second-order valence-corrected chi connectivity index (χ2v) is 5.05. The first-order valence-electron chi connectivity index (χ1n) is 6.47. The number of nitrogens with one attached hydrogen (secondary N) is 1. The van der Waals surface area contributed by atoms with Gasteiger partial charge in [-0.15, -0.1) is 0 Å². The molecule has 104 valence electrons. The Kier molecular flexibility index (Phi) is 5.10. The summed E-state index contributed by atoms with van der Waals surface area (Å²) in [7, 11) is 0. The molecule has 0 saturated carbocycles. The van der Waals surface area contributed by atoms with Crippen molar-refractivity contribution in [3.05, 3.63) is 34.9 Å². The zero-order chi connectivity index (χ0) is 14.6. The summed E-state index contributed by atoms with van der Waals surface area (Å²) in [6.45, 7) is 7.55. The number of carboxylic acid groups (broad SMARTS) is 1. The molecule has 0 radical (unpaired) electrons. The second kappa shape index (κ2) is 6.36. The van der Waals surface area contributed by atoms with Gasteiger partial charge in [-0.1, -0.05) is 37.5 Å². The molecule has 2 atom stereocenters. The van der Waals surface area contributed by atoms with E-state index < -0.39 is 12.0 Å². The number of carboxylic acids is 1. The summed E-state index contributed by atoms with van der Waals surface area (Å²) in [5.41, 5.74) is 2.48. The van der Waals surface area contributed by atoms with Crippen LogP contribution in [0.25, 0.3) is 0 Å². The van der Waals surface area contributed by atoms with Crippen molar-refractivity contribution in [3.8, 4) is 0 Å². The molecule has 0 aliphatic heterocycles. The Labute approximate surface area is 113 Å². The lowest BCUT2D eigenvalue weighted by Gasteiger charge is -2.20. The summed E-state index contributed by atoms with van der Waals surface area (Å²) in [6, 6.07) is 4.65. The van der Waals surface area contributed by atoms with Crippen LogP contribution in [0.4, 0.5) is 0 Å². The average Bonchev–Trinajstić information content (AvgIpc) is 2.33. The van der Waals surface area contributed by atoms with Crippen molar-refractivity contribution in [2.24, 2.45) is 5.92 Å². The Morgan fingerprint density at radius 3 is 2.16 bits per heavy atom. The zero-order valence-electron chi connectivity index (χ0n) is 11.9. The Bertz CT molecular complexity index is 462. The van der Waals surface area contributed by atoms with Crippen molar-refractivity contribution >= 4 is 11.9 Å². The number of aliphatic carboxylic acids is 1. The second-order valence-electron chi connectivity index (χ2n) is 5.05. The summed E-state index contributed by atoms with van der Waals surface area (Å²) < 4.78 is 0. The first-order chi connectivity index (χ1) is 8.85. The Morgan fingerprint density at radius 1 is 1.21 bits per heavy atom. The van der Waals surface area contributed by atoms with Crippen LogP contribution in [0.15, 0.2) is 18.2 Å². The monoisotopic (exact) mass is 263 g/mol. The largest absolute Gasteiger partial charge is 0.480 e. The maximum absolute atomic E-state index is 12.1. The fourth-order valence-corrected chi connectivity index (χ4v) is 2.01. The molecule has 0 aromatic heterocycles. The Hall–Kier alpha value is -1.84. The van der Waals surface area contributed by atoms with E-state index in [9.17, 15) is 9.59 Å². The number of hydrogen-bond acceptors (Lipinski definition) is 2. The van der Waals surface area contributed by atoms with Gasteiger partial charge in [0.1, 0.15) is 6.04 Å². The molecule has 19 heavy (non-hydrogen) atoms. The summed E-state index contributed by atoms with van der Waals surface area (Å²) in [4.78, 5) is 23.3. The molecule has 0 spiro atoms. The predicted octanol–water partition coefficient (Wildman–Crippen LogP) is 2.53. The van der Waals surface area contributed by atoms with Crippen LogP contribution in [0.1, 0.15) is 41.8 Å². The van der Waals surface area contributed by atoms with Gasteiger partial charge in [0, 0.05) is 5.56 Å². The molecular formula is C15H21NO3. The van der Waals surface area contributed by atoms with Gasteiger partial charge in [-0.05, 0) is 31.9 Å². The average molecular weight is 263 g/mol. The lowest BCUT2D eigenvalue weighted by atomic mass is 9.98. The van der Waals surface area contributed by atoms with E-state index in [1.54, 1.807) is 12.1 Å². The molecule has 1 aromatic carbocycles. The molecule has 0 unspecified atom stereocenters. The quantitative estimate of drug-likeness (QED) is 0.858. The highest BCUT2D eigenvalue weighted by atomic mass is 16.4. The standard InChI is InChI=1S/C15H21NO3/c1-5-11(4)13(15(18)19)16-14(17)12-7-9(2)6-10(3)8-12/h6-8,11,13H,5H2,1-4H3,(H,16,17)(H,18,19)/t11-,13-/m1/s1. The SMILES string of the molecule is CC[C@@H](C)[C@@H](NC(=O)c1cc(C)cc(C)c1)C(=O)O. The number of aryl methyl sites for hydroxylation is 2. The van der Waals surface area contributed by atoms with Gasteiger partial charge in [-0.3, -0.25) is 4.79 Å². The third-order valence-corrected chi connectivity index (χ3v) is 3.25. The van der Waals surface area contributed by atoms with Gasteiger partial charge in [0.15, 0.2) is 0 Å². The van der Waals surface area contributed by atoms with E-state index in [-0.39, 0.29) is 11.8 Å². The van der Waals surface area contributed by atoms with E-state index in [0.29, 0.717) is 12.0 Å². The van der Waals surface area contributed by atoms with Crippen LogP contribution in [0.3, 0.4) is 0 Å². The molecule has 4 heteroatoms. The molecule has 0 heterocycles. The van der Waals surface area contributed by atoms with Crippen LogP contribution in [-0.4, -0.2) is 23.0 Å². The minimum absolute atomic E-state index is 0.104. The van der Waals surface area contributed by atoms with Crippen LogP contribution in [0, 0.1) is 19.8 Å². The Balaban J connectivity index is 2.90. The van der Waals surface area contributed by atoms with Gasteiger partial charge in [0.2, 0.25) is 0 Å². The maximum atomic E-state index is 12.1. The smallest absolute Gasteiger partial charge is 0.326 e. The number of hydrogen-bond donors (Lipinski definition) is 2. The van der Waals surface area contributed by atoms with Crippen molar-refractivity contribution in [2.45, 2.75) is 40.2 Å². The van der Waals surface area contributed by atoms with Gasteiger partial charge < -0.3 is 10.4 Å². The third-order valence-electron chi connectivity index (χ3n) is 3.25. The molecule has 0 bridgehead atoms. The van der Waals surface area contributed by atoms with Gasteiger partial charge >= 0.3 is 5.97 Å². The summed E-state index contributed by atoms with van der Waals surface area (Å²) >= 11 is 0. The third kappa shape index (κ3) is 4.09. The molecule has 2 N–H and O–H groups in total. The number of benzene rings is 1. The number of amides is 1. The molecule has 0 saturated heterocycles. The normalized spacial score (nSPS) is 13.7. The topological polar surface area (TPSA) is 66.4 Å². The summed E-state index contributed by atoms with van der Waals surface area (Å²) in [5.74, 6) is -1.43.